The minimum Gasteiger partial charge on any atom is -0.324 e. The largest absolute Gasteiger partial charge is 0.324 e. The Labute approximate surface area is 179 Å². The van der Waals surface area contributed by atoms with Crippen LogP contribution in [0.4, 0.5) is 0 Å². The first kappa shape index (κ1) is 27.7. The molecular formula is C27H55N. The fourth-order valence-corrected chi connectivity index (χ4v) is 4.23. The molecule has 0 heterocycles. The van der Waals surface area contributed by atoms with E-state index in [1.807, 2.05) is 0 Å². The van der Waals surface area contributed by atoms with Gasteiger partial charge < -0.3 is 5.73 Å². The van der Waals surface area contributed by atoms with E-state index in [4.69, 9.17) is 5.73 Å². The first-order valence-corrected chi connectivity index (χ1v) is 12.8. The Morgan fingerprint density at radius 1 is 0.679 bits per heavy atom. The van der Waals surface area contributed by atoms with Gasteiger partial charge in [-0.15, -0.1) is 0 Å². The molecule has 0 rings (SSSR count). The van der Waals surface area contributed by atoms with Gasteiger partial charge in [-0.1, -0.05) is 129 Å². The monoisotopic (exact) mass is 393 g/mol. The SMILES string of the molecule is CCCCCCCCCCCCCCCCC/C(=C(\C)C(C)N)C(C)(C)CC. The topological polar surface area (TPSA) is 26.0 Å². The average molecular weight is 394 g/mol. The second-order valence-corrected chi connectivity index (χ2v) is 9.89. The lowest BCUT2D eigenvalue weighted by Gasteiger charge is -2.30. The number of rotatable bonds is 19. The molecule has 0 aliphatic carbocycles. The normalized spacial score (nSPS) is 14.2. The third-order valence-corrected chi connectivity index (χ3v) is 6.89. The molecule has 0 aliphatic rings. The van der Waals surface area contributed by atoms with Crippen molar-refractivity contribution in [2.45, 2.75) is 157 Å². The summed E-state index contributed by atoms with van der Waals surface area (Å²) in [6.45, 7) is 13.8. The molecule has 0 aromatic heterocycles. The molecule has 1 heteroatoms. The van der Waals surface area contributed by atoms with Crippen molar-refractivity contribution in [1.29, 1.82) is 0 Å². The summed E-state index contributed by atoms with van der Waals surface area (Å²) in [7, 11) is 0. The summed E-state index contributed by atoms with van der Waals surface area (Å²) in [5.41, 5.74) is 9.54. The van der Waals surface area contributed by atoms with E-state index in [1.54, 1.807) is 5.57 Å². The molecule has 2 N–H and O–H groups in total. The lowest BCUT2D eigenvalue weighted by molar-refractivity contribution is 0.400. The zero-order valence-electron chi connectivity index (χ0n) is 20.7. The lowest BCUT2D eigenvalue weighted by atomic mass is 9.76. The molecule has 0 bridgehead atoms. The fraction of sp³-hybridized carbons (Fsp3) is 0.926. The highest BCUT2D eigenvalue weighted by Crippen LogP contribution is 2.36. The summed E-state index contributed by atoms with van der Waals surface area (Å²) in [4.78, 5) is 0. The van der Waals surface area contributed by atoms with Crippen LogP contribution in [0.15, 0.2) is 11.1 Å². The molecule has 0 aromatic rings. The standard InChI is InChI=1S/C27H55N/c1-7-9-10-11-12-13-14-15-16-17-18-19-20-21-22-23-26(24(3)25(4)28)27(5,6)8-2/h25H,7-23,28H2,1-6H3/b26-24-. The Morgan fingerprint density at radius 2 is 1.04 bits per heavy atom. The van der Waals surface area contributed by atoms with E-state index in [0.717, 1.165) is 0 Å². The summed E-state index contributed by atoms with van der Waals surface area (Å²) < 4.78 is 0. The number of hydrogen-bond acceptors (Lipinski definition) is 1. The van der Waals surface area contributed by atoms with Crippen LogP contribution in [-0.4, -0.2) is 6.04 Å². The fourth-order valence-electron chi connectivity index (χ4n) is 4.23. The van der Waals surface area contributed by atoms with Crippen LogP contribution < -0.4 is 5.73 Å². The van der Waals surface area contributed by atoms with Gasteiger partial charge in [-0.3, -0.25) is 0 Å². The molecule has 0 fully saturated rings. The highest BCUT2D eigenvalue weighted by molar-refractivity contribution is 5.22. The molecule has 28 heavy (non-hydrogen) atoms. The summed E-state index contributed by atoms with van der Waals surface area (Å²) in [6, 6.07) is 0.192. The highest BCUT2D eigenvalue weighted by atomic mass is 14.6. The van der Waals surface area contributed by atoms with E-state index < -0.39 is 0 Å². The van der Waals surface area contributed by atoms with Crippen LogP contribution in [0, 0.1) is 5.41 Å². The maximum Gasteiger partial charge on any atom is 0.0224 e. The lowest BCUT2D eigenvalue weighted by Crippen LogP contribution is -2.23. The minimum absolute atomic E-state index is 0.192. The van der Waals surface area contributed by atoms with Crippen LogP contribution >= 0.6 is 0 Å². The number of unbranched alkanes of at least 4 members (excludes halogenated alkanes) is 14. The molecule has 1 nitrogen and oxygen atoms in total. The Bertz CT molecular complexity index is 378. The van der Waals surface area contributed by atoms with E-state index in [0.29, 0.717) is 5.41 Å². The number of hydrogen-bond donors (Lipinski definition) is 1. The maximum absolute atomic E-state index is 6.19. The van der Waals surface area contributed by atoms with E-state index in [-0.39, 0.29) is 6.04 Å². The second-order valence-electron chi connectivity index (χ2n) is 9.89. The Kier molecular flexibility index (Phi) is 17.4. The van der Waals surface area contributed by atoms with Crippen molar-refractivity contribution in [3.8, 4) is 0 Å². The van der Waals surface area contributed by atoms with Crippen molar-refractivity contribution >= 4 is 0 Å². The van der Waals surface area contributed by atoms with Gasteiger partial charge in [0.1, 0.15) is 0 Å². The van der Waals surface area contributed by atoms with Crippen LogP contribution in [0.25, 0.3) is 0 Å². The smallest absolute Gasteiger partial charge is 0.0224 e. The molecule has 0 radical (unpaired) electrons. The van der Waals surface area contributed by atoms with Crippen LogP contribution in [-0.2, 0) is 0 Å². The van der Waals surface area contributed by atoms with Gasteiger partial charge in [-0.05, 0) is 38.5 Å². The van der Waals surface area contributed by atoms with Gasteiger partial charge >= 0.3 is 0 Å². The van der Waals surface area contributed by atoms with Crippen LogP contribution in [0.3, 0.4) is 0 Å². The summed E-state index contributed by atoms with van der Waals surface area (Å²) in [5.74, 6) is 0. The molecule has 0 saturated heterocycles. The third-order valence-electron chi connectivity index (χ3n) is 6.89. The van der Waals surface area contributed by atoms with Crippen molar-refractivity contribution in [3.05, 3.63) is 11.1 Å². The van der Waals surface area contributed by atoms with E-state index >= 15 is 0 Å². The molecule has 0 amide bonds. The van der Waals surface area contributed by atoms with Gasteiger partial charge in [0, 0.05) is 6.04 Å². The van der Waals surface area contributed by atoms with Crippen LogP contribution in [0.2, 0.25) is 0 Å². The van der Waals surface area contributed by atoms with Crippen molar-refractivity contribution in [2.75, 3.05) is 0 Å². The minimum atomic E-state index is 0.192. The second kappa shape index (κ2) is 17.5. The zero-order valence-corrected chi connectivity index (χ0v) is 20.7. The number of allylic oxidation sites excluding steroid dienone is 1. The number of nitrogens with two attached hydrogens (primary N) is 1. The predicted octanol–water partition coefficient (Wildman–Crippen LogP) is 9.35. The Morgan fingerprint density at radius 3 is 1.36 bits per heavy atom. The molecule has 0 aliphatic heterocycles. The molecule has 1 atom stereocenters. The molecule has 0 saturated carbocycles. The van der Waals surface area contributed by atoms with Crippen LogP contribution in [0.1, 0.15) is 151 Å². The average Bonchev–Trinajstić information content (AvgIpc) is 2.67. The summed E-state index contributed by atoms with van der Waals surface area (Å²) >= 11 is 0. The van der Waals surface area contributed by atoms with Gasteiger partial charge in [0.2, 0.25) is 0 Å². The van der Waals surface area contributed by atoms with Gasteiger partial charge in [-0.2, -0.15) is 0 Å². The predicted molar refractivity (Wildman–Crippen MR) is 130 cm³/mol. The van der Waals surface area contributed by atoms with Crippen molar-refractivity contribution in [1.82, 2.24) is 0 Å². The molecule has 168 valence electrons. The highest BCUT2D eigenvalue weighted by Gasteiger charge is 2.23. The van der Waals surface area contributed by atoms with Gasteiger partial charge in [0.05, 0.1) is 0 Å². The molecule has 1 unspecified atom stereocenters. The van der Waals surface area contributed by atoms with Crippen molar-refractivity contribution < 1.29 is 0 Å². The van der Waals surface area contributed by atoms with Gasteiger partial charge in [0.15, 0.2) is 0 Å². The molecular weight excluding hydrogens is 338 g/mol. The quantitative estimate of drug-likeness (QED) is 0.172. The van der Waals surface area contributed by atoms with Crippen LogP contribution in [0.5, 0.6) is 0 Å². The van der Waals surface area contributed by atoms with Crippen molar-refractivity contribution in [2.24, 2.45) is 11.1 Å². The Balaban J connectivity index is 3.69. The van der Waals surface area contributed by atoms with Crippen molar-refractivity contribution in [3.63, 3.8) is 0 Å². The first-order valence-electron chi connectivity index (χ1n) is 12.8. The first-order chi connectivity index (χ1) is 13.4. The van der Waals surface area contributed by atoms with E-state index in [9.17, 15) is 0 Å². The summed E-state index contributed by atoms with van der Waals surface area (Å²) in [5, 5.41) is 0. The molecule has 0 aromatic carbocycles. The third kappa shape index (κ3) is 13.8. The van der Waals surface area contributed by atoms with E-state index in [1.165, 1.54) is 115 Å². The van der Waals surface area contributed by atoms with Gasteiger partial charge in [0.25, 0.3) is 0 Å². The van der Waals surface area contributed by atoms with Gasteiger partial charge in [-0.25, -0.2) is 0 Å². The maximum atomic E-state index is 6.19. The zero-order chi connectivity index (χ0) is 21.3. The van der Waals surface area contributed by atoms with E-state index in [2.05, 4.69) is 41.5 Å². The Hall–Kier alpha value is -0.300. The molecule has 0 spiro atoms. The summed E-state index contributed by atoms with van der Waals surface area (Å²) in [6.07, 6.45) is 23.9.